The van der Waals surface area contributed by atoms with Crippen molar-refractivity contribution in [3.63, 3.8) is 0 Å². The van der Waals surface area contributed by atoms with E-state index in [0.717, 1.165) is 4.90 Å². The first-order valence-corrected chi connectivity index (χ1v) is 7.21. The maximum absolute atomic E-state index is 13.5. The van der Waals surface area contributed by atoms with Crippen molar-refractivity contribution in [2.45, 2.75) is 50.1 Å². The molecule has 3 heterocycles. The van der Waals surface area contributed by atoms with Crippen LogP contribution in [0.25, 0.3) is 10.9 Å². The van der Waals surface area contributed by atoms with E-state index >= 15 is 0 Å². The second-order valence-electron chi connectivity index (χ2n) is 5.47. The fraction of sp³-hybridized carbons (Fsp3) is 0.556. The number of nitrogens with zero attached hydrogens (tertiary/aromatic N) is 3. The van der Waals surface area contributed by atoms with Crippen LogP contribution in [0, 0.1) is 0 Å². The van der Waals surface area contributed by atoms with E-state index in [9.17, 15) is 4.79 Å². The lowest BCUT2D eigenvalue weighted by Gasteiger charge is -2.47. The van der Waals surface area contributed by atoms with Gasteiger partial charge in [0, 0.05) is 44.2 Å². The summed E-state index contributed by atoms with van der Waals surface area (Å²) in [5, 5.41) is 5.07. The summed E-state index contributed by atoms with van der Waals surface area (Å²) < 4.78 is 123. The molecule has 0 radical (unpaired) electrons. The average Bonchev–Trinajstić information content (AvgIpc) is 3.21. The summed E-state index contributed by atoms with van der Waals surface area (Å²) in [6, 6.07) is -9.21. The predicted molar refractivity (Wildman–Crippen MR) is 90.4 cm³/mol. The molecule has 0 saturated carbocycles. The Balaban J connectivity index is 1.91. The first kappa shape index (κ1) is 5.59. The van der Waals surface area contributed by atoms with Gasteiger partial charge in [0.25, 0.3) is 5.91 Å². The van der Waals surface area contributed by atoms with Gasteiger partial charge in [0.1, 0.15) is 0 Å². The molecule has 2 aliphatic heterocycles. The zero-order chi connectivity index (χ0) is 29.0. The average molecular weight is 328 g/mol. The van der Waals surface area contributed by atoms with Crippen LogP contribution in [-0.2, 0) is 6.98 Å². The van der Waals surface area contributed by atoms with Crippen LogP contribution in [-0.4, -0.2) is 45.7 Å². The van der Waals surface area contributed by atoms with Gasteiger partial charge in [0.2, 0.25) is 0 Å². The van der Waals surface area contributed by atoms with Gasteiger partial charge in [-0.3, -0.25) is 9.48 Å². The van der Waals surface area contributed by atoms with Crippen molar-refractivity contribution < 1.29 is 25.4 Å². The molecule has 4 rings (SSSR count). The number of hydrogen-bond acceptors (Lipinski definition) is 3. The number of nitrogens with one attached hydrogen (secondary N) is 1. The normalized spacial score (nSPS) is 46.2. The Morgan fingerprint density at radius 3 is 2.91 bits per heavy atom. The fourth-order valence-corrected chi connectivity index (χ4v) is 2.90. The minimum Gasteiger partial charge on any atom is -0.348 e. The van der Waals surface area contributed by atoms with Crippen LogP contribution in [0.1, 0.15) is 63.1 Å². The quantitative estimate of drug-likeness (QED) is 0.921. The number of aryl methyl sites for hydroxylation is 1. The van der Waals surface area contributed by atoms with Gasteiger partial charge in [-0.1, -0.05) is 24.5 Å². The zero-order valence-corrected chi connectivity index (χ0v) is 12.0. The molecule has 5 nitrogen and oxygen atoms in total. The van der Waals surface area contributed by atoms with Gasteiger partial charge in [0.05, 0.1) is 12.4 Å². The topological polar surface area (TPSA) is 50.2 Å². The predicted octanol–water partition coefficient (Wildman–Crippen LogP) is 2.32. The van der Waals surface area contributed by atoms with E-state index < -0.39 is 91.5 Å². The number of hydrogen-bond donors (Lipinski definition) is 1. The Kier molecular flexibility index (Phi) is 1.37. The molecular formula is C18H24N4O. The molecule has 1 aromatic carbocycles. The maximum atomic E-state index is 13.5. The van der Waals surface area contributed by atoms with Crippen LogP contribution in [0.5, 0.6) is 0 Å². The number of rotatable bonds is 2. The number of carbonyl (C=O) groups excluding carboxylic acids is 1. The van der Waals surface area contributed by atoms with Gasteiger partial charge >= 0.3 is 0 Å². The Labute approximate surface area is 157 Å². The van der Waals surface area contributed by atoms with Crippen molar-refractivity contribution in [2.24, 2.45) is 6.98 Å². The molecule has 2 aliphatic rings. The highest BCUT2D eigenvalue weighted by Crippen LogP contribution is 2.32. The standard InChI is InChI=1S/C18H24N4O/c1-21-13-6-5-7-14(21)11-12(10-13)19-18(23)17-15-8-3-4-9-16(15)22(2)20-17/h3-4,8-9,12-14H,5-7,10-11H2,1-2H3,(H,19,23)/t13-,14-/m1/s1/i1D3,2D3,3D,4D,8D,9D,10D2,11D2,12D. The highest BCUT2D eigenvalue weighted by atomic mass is 16.2. The van der Waals surface area contributed by atoms with Gasteiger partial charge < -0.3 is 10.2 Å². The van der Waals surface area contributed by atoms with Crippen molar-refractivity contribution in [3.8, 4) is 0 Å². The van der Waals surface area contributed by atoms with Crippen LogP contribution >= 0.6 is 0 Å². The summed E-state index contributed by atoms with van der Waals surface area (Å²) in [6.07, 6.45) is -5.72. The van der Waals surface area contributed by atoms with E-state index in [2.05, 4.69) is 5.10 Å². The summed E-state index contributed by atoms with van der Waals surface area (Å²) in [4.78, 5) is 14.2. The molecule has 0 unspecified atom stereocenters. The van der Waals surface area contributed by atoms with Gasteiger partial charge in [-0.05, 0) is 38.6 Å². The number of carbonyl (C=O) groups is 1. The second-order valence-corrected chi connectivity index (χ2v) is 5.47. The van der Waals surface area contributed by atoms with Gasteiger partial charge in [-0.15, -0.1) is 0 Å². The van der Waals surface area contributed by atoms with E-state index in [1.54, 1.807) is 0 Å². The van der Waals surface area contributed by atoms with Gasteiger partial charge in [-0.25, -0.2) is 0 Å². The minimum absolute atomic E-state index is 0.0291. The molecule has 5 heteroatoms. The molecule has 0 spiro atoms. The van der Waals surface area contributed by atoms with Crippen molar-refractivity contribution in [3.05, 3.63) is 29.9 Å². The Hall–Kier alpha value is -1.88. The molecule has 23 heavy (non-hydrogen) atoms. The van der Waals surface area contributed by atoms with Gasteiger partial charge in [0.15, 0.2) is 5.69 Å². The lowest BCUT2D eigenvalue weighted by atomic mass is 9.82. The number of fused-ring (bicyclic) bond motifs is 3. The van der Waals surface area contributed by atoms with Crippen molar-refractivity contribution >= 4 is 16.8 Å². The van der Waals surface area contributed by atoms with Crippen LogP contribution in [0.3, 0.4) is 0 Å². The van der Waals surface area contributed by atoms with E-state index in [4.69, 9.17) is 20.6 Å². The number of piperidine rings is 2. The lowest BCUT2D eigenvalue weighted by molar-refractivity contribution is 0.0462. The smallest absolute Gasteiger partial charge is 0.272 e. The summed E-state index contributed by atoms with van der Waals surface area (Å²) in [5.74, 6) is -1.45. The third-order valence-corrected chi connectivity index (χ3v) is 4.02. The summed E-state index contributed by atoms with van der Waals surface area (Å²) in [6.45, 7) is -5.99. The largest absolute Gasteiger partial charge is 0.348 e. The first-order chi connectivity index (χ1) is 17.1. The van der Waals surface area contributed by atoms with E-state index in [0.29, 0.717) is 0 Å². The molecule has 2 atom stereocenters. The molecule has 1 amide bonds. The molecular weight excluding hydrogens is 288 g/mol. The van der Waals surface area contributed by atoms with Crippen LogP contribution in [0.4, 0.5) is 0 Å². The Bertz CT molecular complexity index is 1290. The highest BCUT2D eigenvalue weighted by molar-refractivity contribution is 6.04. The van der Waals surface area contributed by atoms with Crippen LogP contribution in [0.2, 0.25) is 0 Å². The summed E-state index contributed by atoms with van der Waals surface area (Å²) >= 11 is 0. The SMILES string of the molecule is [2H]c1c([2H])c([2H])c2c(c(C(=O)NC3([2H])C([2H])([2H])[C@H]4CCC[C@@H](N4C([2H])([2H])[2H])C3([2H])[2H])nn2C([2H])([2H])[2H])c1[2H]. The molecule has 2 fully saturated rings. The fourth-order valence-electron chi connectivity index (χ4n) is 2.90. The third kappa shape index (κ3) is 2.53. The van der Waals surface area contributed by atoms with Crippen LogP contribution < -0.4 is 5.32 Å². The monoisotopic (exact) mass is 327 g/mol. The van der Waals surface area contributed by atoms with Crippen molar-refractivity contribution in [2.75, 3.05) is 6.98 Å². The molecule has 1 N–H and O–H groups in total. The van der Waals surface area contributed by atoms with E-state index in [1.807, 2.05) is 5.32 Å². The Morgan fingerprint density at radius 1 is 1.39 bits per heavy atom. The first-order valence-electron chi connectivity index (χ1n) is 14.7. The summed E-state index contributed by atoms with van der Waals surface area (Å²) in [5.41, 5.74) is -1.50. The number of aromatic nitrogens is 2. The van der Waals surface area contributed by atoms with E-state index in [-0.39, 0.29) is 23.9 Å². The number of para-hydroxylation sites is 1. The molecule has 2 saturated heterocycles. The zero-order valence-electron chi connectivity index (χ0n) is 27.0. The molecule has 2 aromatic rings. The lowest BCUT2D eigenvalue weighted by Crippen LogP contribution is -2.55. The molecule has 0 aliphatic carbocycles. The molecule has 122 valence electrons. The maximum Gasteiger partial charge on any atom is 0.272 e. The third-order valence-electron chi connectivity index (χ3n) is 4.02. The van der Waals surface area contributed by atoms with Crippen LogP contribution in [0.15, 0.2) is 24.2 Å². The van der Waals surface area contributed by atoms with Gasteiger partial charge in [-0.2, -0.15) is 5.10 Å². The number of benzene rings is 1. The van der Waals surface area contributed by atoms with Crippen molar-refractivity contribution in [1.29, 1.82) is 0 Å². The Morgan fingerprint density at radius 2 is 2.17 bits per heavy atom. The molecule has 1 aromatic heterocycles. The van der Waals surface area contributed by atoms with Crippen molar-refractivity contribution in [1.82, 2.24) is 20.0 Å². The second kappa shape index (κ2) is 5.64. The highest BCUT2D eigenvalue weighted by Gasteiger charge is 2.36. The van der Waals surface area contributed by atoms with E-state index in [1.165, 1.54) is 0 Å². The molecule has 2 bridgehead atoms. The minimum atomic E-state index is -3.10. The summed E-state index contributed by atoms with van der Waals surface area (Å²) in [7, 11) is 0. The number of amides is 1.